The second kappa shape index (κ2) is 4.11. The first-order chi connectivity index (χ1) is 7.53. The SMILES string of the molecule is CN1CCC(O)(c2c(F)cccc2F)CC1. The lowest BCUT2D eigenvalue weighted by atomic mass is 9.84. The minimum absolute atomic E-state index is 0.178. The van der Waals surface area contributed by atoms with Crippen molar-refractivity contribution >= 4 is 0 Å². The Morgan fingerprint density at radius 1 is 1.19 bits per heavy atom. The minimum Gasteiger partial charge on any atom is -0.385 e. The largest absolute Gasteiger partial charge is 0.385 e. The van der Waals surface area contributed by atoms with Crippen LogP contribution >= 0.6 is 0 Å². The molecule has 0 amide bonds. The van der Waals surface area contributed by atoms with Gasteiger partial charge in [0.25, 0.3) is 0 Å². The molecule has 0 bridgehead atoms. The number of likely N-dealkylation sites (tertiary alicyclic amines) is 1. The van der Waals surface area contributed by atoms with Crippen molar-refractivity contribution in [3.05, 3.63) is 35.4 Å². The quantitative estimate of drug-likeness (QED) is 0.791. The van der Waals surface area contributed by atoms with Gasteiger partial charge in [0.05, 0.1) is 11.2 Å². The first-order valence-corrected chi connectivity index (χ1v) is 5.38. The third kappa shape index (κ3) is 1.95. The van der Waals surface area contributed by atoms with Crippen LogP contribution in [0.5, 0.6) is 0 Å². The molecule has 1 heterocycles. The van der Waals surface area contributed by atoms with Crippen molar-refractivity contribution < 1.29 is 13.9 Å². The van der Waals surface area contributed by atoms with Gasteiger partial charge in [0.15, 0.2) is 0 Å². The Kier molecular flexibility index (Phi) is 2.95. The first kappa shape index (κ1) is 11.5. The maximum Gasteiger partial charge on any atom is 0.132 e. The number of benzene rings is 1. The maximum atomic E-state index is 13.6. The van der Waals surface area contributed by atoms with Crippen molar-refractivity contribution in [2.24, 2.45) is 0 Å². The number of piperidine rings is 1. The summed E-state index contributed by atoms with van der Waals surface area (Å²) in [5.74, 6) is -1.32. The molecular formula is C12H15F2NO. The van der Waals surface area contributed by atoms with Gasteiger partial charge in [0.1, 0.15) is 11.6 Å². The summed E-state index contributed by atoms with van der Waals surface area (Å²) < 4.78 is 27.1. The summed E-state index contributed by atoms with van der Waals surface area (Å²) >= 11 is 0. The van der Waals surface area contributed by atoms with Crippen LogP contribution in [0.4, 0.5) is 8.78 Å². The molecule has 4 heteroatoms. The highest BCUT2D eigenvalue weighted by molar-refractivity contribution is 5.26. The molecule has 1 aromatic carbocycles. The summed E-state index contributed by atoms with van der Waals surface area (Å²) in [5.41, 5.74) is -1.54. The van der Waals surface area contributed by atoms with Gasteiger partial charge < -0.3 is 10.0 Å². The third-order valence-electron chi connectivity index (χ3n) is 3.24. The van der Waals surface area contributed by atoms with Crippen molar-refractivity contribution in [1.82, 2.24) is 4.90 Å². The fourth-order valence-electron chi connectivity index (χ4n) is 2.18. The highest BCUT2D eigenvalue weighted by atomic mass is 19.1. The second-order valence-corrected chi connectivity index (χ2v) is 4.43. The van der Waals surface area contributed by atoms with Crippen molar-refractivity contribution in [3.8, 4) is 0 Å². The van der Waals surface area contributed by atoms with Crippen LogP contribution in [0.2, 0.25) is 0 Å². The Hall–Kier alpha value is -1.00. The van der Waals surface area contributed by atoms with Gasteiger partial charge in [-0.2, -0.15) is 0 Å². The topological polar surface area (TPSA) is 23.5 Å². The van der Waals surface area contributed by atoms with E-state index in [-0.39, 0.29) is 5.56 Å². The van der Waals surface area contributed by atoms with Crippen molar-refractivity contribution in [1.29, 1.82) is 0 Å². The first-order valence-electron chi connectivity index (χ1n) is 5.38. The average molecular weight is 227 g/mol. The smallest absolute Gasteiger partial charge is 0.132 e. The van der Waals surface area contributed by atoms with Gasteiger partial charge in [-0.1, -0.05) is 6.07 Å². The van der Waals surface area contributed by atoms with Gasteiger partial charge in [-0.3, -0.25) is 0 Å². The molecule has 0 aliphatic carbocycles. The lowest BCUT2D eigenvalue weighted by molar-refractivity contribution is -0.0258. The molecule has 0 atom stereocenters. The van der Waals surface area contributed by atoms with E-state index in [2.05, 4.69) is 0 Å². The van der Waals surface area contributed by atoms with Crippen LogP contribution in [-0.2, 0) is 5.60 Å². The molecule has 0 aromatic heterocycles. The minimum atomic E-state index is -1.36. The standard InChI is InChI=1S/C12H15F2NO/c1-15-7-5-12(16,6-8-15)11-9(13)3-2-4-10(11)14/h2-4,16H,5-8H2,1H3. The van der Waals surface area contributed by atoms with Gasteiger partial charge in [-0.15, -0.1) is 0 Å². The molecule has 0 spiro atoms. The predicted octanol–water partition coefficient (Wildman–Crippen LogP) is 1.88. The highest BCUT2D eigenvalue weighted by Crippen LogP contribution is 2.35. The van der Waals surface area contributed by atoms with Crippen LogP contribution in [0.25, 0.3) is 0 Å². The van der Waals surface area contributed by atoms with E-state index in [1.54, 1.807) is 0 Å². The van der Waals surface area contributed by atoms with Gasteiger partial charge in [-0.05, 0) is 32.0 Å². The molecule has 1 fully saturated rings. The van der Waals surface area contributed by atoms with Crippen LogP contribution in [0.15, 0.2) is 18.2 Å². The van der Waals surface area contributed by atoms with E-state index < -0.39 is 17.2 Å². The molecule has 2 rings (SSSR count). The molecule has 1 aromatic rings. The third-order valence-corrected chi connectivity index (χ3v) is 3.24. The highest BCUT2D eigenvalue weighted by Gasteiger charge is 2.37. The molecule has 1 aliphatic heterocycles. The van der Waals surface area contributed by atoms with E-state index in [0.717, 1.165) is 0 Å². The summed E-state index contributed by atoms with van der Waals surface area (Å²) in [6.07, 6.45) is 0.725. The normalized spacial score (nSPS) is 21.0. The predicted molar refractivity (Wildman–Crippen MR) is 57.0 cm³/mol. The number of aliphatic hydroxyl groups is 1. The number of nitrogens with zero attached hydrogens (tertiary/aromatic N) is 1. The fraction of sp³-hybridized carbons (Fsp3) is 0.500. The van der Waals surface area contributed by atoms with Crippen LogP contribution in [0, 0.1) is 11.6 Å². The molecular weight excluding hydrogens is 212 g/mol. The molecule has 1 saturated heterocycles. The van der Waals surface area contributed by atoms with Gasteiger partial charge in [-0.25, -0.2) is 8.78 Å². The molecule has 0 saturated carbocycles. The van der Waals surface area contributed by atoms with Gasteiger partial charge in [0, 0.05) is 13.1 Å². The Morgan fingerprint density at radius 3 is 2.19 bits per heavy atom. The number of hydrogen-bond donors (Lipinski definition) is 1. The lowest BCUT2D eigenvalue weighted by Gasteiger charge is -2.37. The summed E-state index contributed by atoms with van der Waals surface area (Å²) in [6.45, 7) is 1.29. The number of halogens is 2. The maximum absolute atomic E-state index is 13.6. The van der Waals surface area contributed by atoms with E-state index in [0.29, 0.717) is 25.9 Å². The molecule has 2 nitrogen and oxygen atoms in total. The summed E-state index contributed by atoms with van der Waals surface area (Å²) in [7, 11) is 1.93. The molecule has 88 valence electrons. The second-order valence-electron chi connectivity index (χ2n) is 4.43. The Morgan fingerprint density at radius 2 is 1.69 bits per heavy atom. The molecule has 1 N–H and O–H groups in total. The van der Waals surface area contributed by atoms with Crippen molar-refractivity contribution in [2.45, 2.75) is 18.4 Å². The van der Waals surface area contributed by atoms with Crippen LogP contribution < -0.4 is 0 Å². The van der Waals surface area contributed by atoms with Crippen LogP contribution in [0.3, 0.4) is 0 Å². The van der Waals surface area contributed by atoms with Crippen LogP contribution in [-0.4, -0.2) is 30.1 Å². The van der Waals surface area contributed by atoms with E-state index in [9.17, 15) is 13.9 Å². The van der Waals surface area contributed by atoms with E-state index >= 15 is 0 Å². The zero-order valence-electron chi connectivity index (χ0n) is 9.21. The zero-order valence-corrected chi connectivity index (χ0v) is 9.21. The van der Waals surface area contributed by atoms with Gasteiger partial charge >= 0.3 is 0 Å². The zero-order chi connectivity index (χ0) is 11.8. The number of rotatable bonds is 1. The van der Waals surface area contributed by atoms with Gasteiger partial charge in [0.2, 0.25) is 0 Å². The summed E-state index contributed by atoms with van der Waals surface area (Å²) in [4.78, 5) is 2.03. The summed E-state index contributed by atoms with van der Waals surface area (Å²) in [6, 6.07) is 3.69. The summed E-state index contributed by atoms with van der Waals surface area (Å²) in [5, 5.41) is 10.3. The number of hydrogen-bond acceptors (Lipinski definition) is 2. The van der Waals surface area contributed by atoms with E-state index in [1.807, 2.05) is 11.9 Å². The Bertz CT molecular complexity index is 366. The Labute approximate surface area is 93.5 Å². The molecule has 0 radical (unpaired) electrons. The Balaban J connectivity index is 2.36. The van der Waals surface area contributed by atoms with Crippen LogP contribution in [0.1, 0.15) is 18.4 Å². The van der Waals surface area contributed by atoms with Crippen molar-refractivity contribution in [3.63, 3.8) is 0 Å². The molecule has 0 unspecified atom stereocenters. The molecule has 1 aliphatic rings. The van der Waals surface area contributed by atoms with E-state index in [1.165, 1.54) is 18.2 Å². The van der Waals surface area contributed by atoms with E-state index in [4.69, 9.17) is 0 Å². The fourth-order valence-corrected chi connectivity index (χ4v) is 2.18. The average Bonchev–Trinajstić information content (AvgIpc) is 2.23. The van der Waals surface area contributed by atoms with Crippen molar-refractivity contribution in [2.75, 3.05) is 20.1 Å². The lowest BCUT2D eigenvalue weighted by Crippen LogP contribution is -2.41. The monoisotopic (exact) mass is 227 g/mol. The molecule has 16 heavy (non-hydrogen) atoms.